The predicted octanol–water partition coefficient (Wildman–Crippen LogP) is 3.23. The van der Waals surface area contributed by atoms with Gasteiger partial charge in [-0.1, -0.05) is 5.16 Å². The first kappa shape index (κ1) is 21.0. The van der Waals surface area contributed by atoms with Gasteiger partial charge in [-0.15, -0.1) is 0 Å². The van der Waals surface area contributed by atoms with Crippen LogP contribution in [0, 0.1) is 0 Å². The Bertz CT molecular complexity index is 1120. The lowest BCUT2D eigenvalue weighted by Gasteiger charge is -2.18. The van der Waals surface area contributed by atoms with Gasteiger partial charge in [-0.25, -0.2) is 0 Å². The molecule has 0 atom stereocenters. The molecule has 0 radical (unpaired) electrons. The van der Waals surface area contributed by atoms with E-state index in [1.165, 1.54) is 6.39 Å². The highest BCUT2D eigenvalue weighted by atomic mass is 127. The Morgan fingerprint density at radius 3 is 2.74 bits per heavy atom. The number of benzene rings is 1. The van der Waals surface area contributed by atoms with Crippen molar-refractivity contribution in [3.05, 3.63) is 59.9 Å². The number of hydrogen-bond donors (Lipinski definition) is 4. The molecule has 4 rings (SSSR count). The van der Waals surface area contributed by atoms with Crippen LogP contribution < -0.4 is 16.0 Å². The fraction of sp³-hybridized carbons (Fsp3) is 0.167. The van der Waals surface area contributed by atoms with Crippen LogP contribution in [0.5, 0.6) is 0 Å². The summed E-state index contributed by atoms with van der Waals surface area (Å²) in [6.45, 7) is -1.08. The molecule has 0 saturated heterocycles. The van der Waals surface area contributed by atoms with Crippen LogP contribution in [0.15, 0.2) is 52.4 Å². The van der Waals surface area contributed by atoms with Crippen LogP contribution in [0.1, 0.15) is 21.7 Å². The zero-order chi connectivity index (χ0) is 21.8. The van der Waals surface area contributed by atoms with E-state index in [1.807, 2.05) is 0 Å². The third kappa shape index (κ3) is 5.48. The topological polar surface area (TPSA) is 120 Å². The summed E-state index contributed by atoms with van der Waals surface area (Å²) in [6, 6.07) is 8.38. The maximum absolute atomic E-state index is 12.6. The van der Waals surface area contributed by atoms with Crippen molar-refractivity contribution in [1.82, 2.24) is 20.4 Å². The number of nitrogens with zero attached hydrogens (tertiary/aromatic N) is 3. The van der Waals surface area contributed by atoms with Crippen molar-refractivity contribution >= 4 is 45.6 Å². The van der Waals surface area contributed by atoms with Gasteiger partial charge in [0.05, 0.1) is 6.54 Å². The molecule has 13 heteroatoms. The van der Waals surface area contributed by atoms with Crippen molar-refractivity contribution in [3.63, 3.8) is 0 Å². The maximum Gasteiger partial charge on any atom is 0.407 e. The van der Waals surface area contributed by atoms with E-state index in [2.05, 4.69) is 40.6 Å². The second-order valence-corrected chi connectivity index (χ2v) is 8.89. The van der Waals surface area contributed by atoms with Crippen LogP contribution in [-0.4, -0.2) is 41.2 Å². The van der Waals surface area contributed by atoms with E-state index in [1.54, 1.807) is 36.5 Å². The number of anilines is 2. The normalized spacial score (nSPS) is 14.8. The Hall–Kier alpha value is -3.23. The van der Waals surface area contributed by atoms with Gasteiger partial charge >= 0.3 is 6.18 Å². The molecular formula is C18H15F3IN7O2. The lowest BCUT2D eigenvalue weighted by Crippen LogP contribution is -2.25. The number of alkyl halides is 3. The second-order valence-electron chi connectivity index (χ2n) is 6.25. The van der Waals surface area contributed by atoms with Crippen LogP contribution in [0.3, 0.4) is 0 Å². The average Bonchev–Trinajstić information content (AvgIpc) is 3.42. The molecule has 31 heavy (non-hydrogen) atoms. The van der Waals surface area contributed by atoms with Crippen molar-refractivity contribution in [2.45, 2.75) is 12.7 Å². The number of nitrogens with one attached hydrogen (secondary N) is 4. The molecule has 1 amide bonds. The third-order valence-corrected chi connectivity index (χ3v) is 6.51. The molecular weight excluding hydrogens is 530 g/mol. The molecule has 162 valence electrons. The van der Waals surface area contributed by atoms with Gasteiger partial charge in [0.1, 0.15) is 19.8 Å². The number of rotatable bonds is 6. The number of carbonyl (C=O) groups is 1. The Morgan fingerprint density at radius 2 is 2.03 bits per heavy atom. The van der Waals surface area contributed by atoms with Crippen molar-refractivity contribution in [2.24, 2.45) is 4.99 Å². The molecule has 0 fully saturated rings. The number of H-pyrrole nitrogens is 1. The molecule has 1 aliphatic rings. The lowest BCUT2D eigenvalue weighted by molar-refractivity contribution is -0.118. The minimum Gasteiger partial charge on any atom is -0.348 e. The minimum absolute atomic E-state index is 0.139. The molecule has 0 bridgehead atoms. The average molecular weight is 545 g/mol. The number of halogens is 4. The summed E-state index contributed by atoms with van der Waals surface area (Å²) in [7, 11) is 0. The van der Waals surface area contributed by atoms with Crippen LogP contribution in [-0.2, 0) is 6.54 Å². The van der Waals surface area contributed by atoms with Gasteiger partial charge in [0.15, 0.2) is 5.82 Å². The smallest absolute Gasteiger partial charge is 0.348 e. The standard InChI is InChI=1S/C18H15F3IN7O2/c19-18(20,21)8-25-14-12-5-6-23-15(12)28-17(22-14)27-11-3-1-10(2-4-11)16(30)24-7-13-26-9-31-29-13/h1-6,9,23,27-28H,7-8H2,(H,24,30). The summed E-state index contributed by atoms with van der Waals surface area (Å²) in [5.41, 5.74) is 1.77. The number of carbonyl (C=O) groups excluding carboxylic acids is 1. The van der Waals surface area contributed by atoms with Gasteiger partial charge in [-0.05, 0) is 51.1 Å². The summed E-state index contributed by atoms with van der Waals surface area (Å²) in [4.78, 5) is 22.8. The highest BCUT2D eigenvalue weighted by Gasteiger charge is 2.28. The number of aromatic nitrogens is 3. The van der Waals surface area contributed by atoms with E-state index >= 15 is 0 Å². The largest absolute Gasteiger partial charge is 0.407 e. The molecule has 0 spiro atoms. The van der Waals surface area contributed by atoms with E-state index in [9.17, 15) is 18.0 Å². The van der Waals surface area contributed by atoms with Gasteiger partial charge in [-0.3, -0.25) is 9.79 Å². The highest BCUT2D eigenvalue weighted by molar-refractivity contribution is 14.2. The van der Waals surface area contributed by atoms with Crippen molar-refractivity contribution in [1.29, 1.82) is 0 Å². The van der Waals surface area contributed by atoms with Crippen molar-refractivity contribution in [3.8, 4) is 0 Å². The number of fused-ring (bicyclic) bond motifs is 1. The quantitative estimate of drug-likeness (QED) is 0.354. The summed E-state index contributed by atoms with van der Waals surface area (Å²) >= 11 is -0.986. The molecule has 3 heterocycles. The van der Waals surface area contributed by atoms with Crippen LogP contribution in [0.25, 0.3) is 0 Å². The molecule has 1 aliphatic heterocycles. The SMILES string of the molecule is O=C(NCc1ncon1)c1ccc(NC2=IC(=NCC(F)(F)F)c3cc[nH]c3N2)cc1. The lowest BCUT2D eigenvalue weighted by atomic mass is 10.2. The Labute approximate surface area is 183 Å². The Morgan fingerprint density at radius 1 is 1.23 bits per heavy atom. The van der Waals surface area contributed by atoms with E-state index in [4.69, 9.17) is 0 Å². The molecule has 1 aromatic carbocycles. The molecule has 4 N–H and O–H groups in total. The zero-order valence-corrected chi connectivity index (χ0v) is 17.8. The Kier molecular flexibility index (Phi) is 6.01. The van der Waals surface area contributed by atoms with E-state index < -0.39 is 33.5 Å². The monoisotopic (exact) mass is 545 g/mol. The fourth-order valence-electron chi connectivity index (χ4n) is 2.61. The van der Waals surface area contributed by atoms with Gasteiger partial charge < -0.3 is 25.5 Å². The first-order chi connectivity index (χ1) is 14.9. The minimum atomic E-state index is -4.36. The molecule has 0 aliphatic carbocycles. The molecule has 3 aromatic rings. The first-order valence-corrected chi connectivity index (χ1v) is 11.0. The zero-order valence-electron chi connectivity index (χ0n) is 15.6. The van der Waals surface area contributed by atoms with E-state index in [-0.39, 0.29) is 12.5 Å². The van der Waals surface area contributed by atoms with Gasteiger partial charge in [0, 0.05) is 23.0 Å². The predicted molar refractivity (Wildman–Crippen MR) is 116 cm³/mol. The summed E-state index contributed by atoms with van der Waals surface area (Å²) in [5.74, 6) is 0.652. The number of aromatic amines is 1. The molecule has 2 aromatic heterocycles. The highest BCUT2D eigenvalue weighted by Crippen LogP contribution is 2.28. The van der Waals surface area contributed by atoms with Gasteiger partial charge in [-0.2, -0.15) is 18.2 Å². The summed E-state index contributed by atoms with van der Waals surface area (Å²) in [6.07, 6.45) is -1.53. The maximum atomic E-state index is 12.6. The van der Waals surface area contributed by atoms with Gasteiger partial charge in [0.2, 0.25) is 6.39 Å². The van der Waals surface area contributed by atoms with Crippen molar-refractivity contribution < 1.29 is 22.5 Å². The molecule has 0 saturated carbocycles. The van der Waals surface area contributed by atoms with Gasteiger partial charge in [0.25, 0.3) is 5.91 Å². The summed E-state index contributed by atoms with van der Waals surface area (Å²) in [5, 5.41) is 12.6. The number of amides is 1. The van der Waals surface area contributed by atoms with Crippen LogP contribution in [0.4, 0.5) is 24.7 Å². The summed E-state index contributed by atoms with van der Waals surface area (Å²) < 4.78 is 43.5. The van der Waals surface area contributed by atoms with Crippen LogP contribution in [0.2, 0.25) is 0 Å². The van der Waals surface area contributed by atoms with E-state index in [0.29, 0.717) is 35.9 Å². The number of aliphatic imine (C=N–C) groups is 1. The fourth-order valence-corrected chi connectivity index (χ4v) is 5.05. The number of hydrogen-bond acceptors (Lipinski definition) is 7. The van der Waals surface area contributed by atoms with Crippen molar-refractivity contribution in [2.75, 3.05) is 17.2 Å². The van der Waals surface area contributed by atoms with E-state index in [0.717, 1.165) is 0 Å². The Balaban J connectivity index is 1.43. The second kappa shape index (κ2) is 8.87. The molecule has 9 nitrogen and oxygen atoms in total. The molecule has 0 unspecified atom stereocenters. The first-order valence-electron chi connectivity index (χ1n) is 8.86. The van der Waals surface area contributed by atoms with Crippen LogP contribution >= 0.6 is 20.7 Å². The third-order valence-electron chi connectivity index (χ3n) is 4.00.